The van der Waals surface area contributed by atoms with Crippen LogP contribution in [-0.2, 0) is 6.54 Å². The van der Waals surface area contributed by atoms with E-state index in [1.165, 1.54) is 13.4 Å². The zero-order valence-electron chi connectivity index (χ0n) is 15.0. The Morgan fingerprint density at radius 3 is 2.68 bits per heavy atom. The van der Waals surface area contributed by atoms with E-state index in [1.807, 2.05) is 30.3 Å². The van der Waals surface area contributed by atoms with Crippen molar-refractivity contribution in [3.8, 4) is 12.0 Å². The van der Waals surface area contributed by atoms with Gasteiger partial charge in [-0.05, 0) is 17.7 Å². The van der Waals surface area contributed by atoms with E-state index in [0.717, 1.165) is 5.56 Å². The minimum Gasteiger partial charge on any atom is -0.468 e. The minimum atomic E-state index is -0.571. The topological polar surface area (TPSA) is 121 Å². The summed E-state index contributed by atoms with van der Waals surface area (Å²) < 4.78 is 6.98. The van der Waals surface area contributed by atoms with Gasteiger partial charge in [0.1, 0.15) is 11.8 Å². The second-order valence-corrected chi connectivity index (χ2v) is 5.92. The quantitative estimate of drug-likeness (QED) is 0.528. The van der Waals surface area contributed by atoms with Crippen molar-refractivity contribution in [2.24, 2.45) is 5.73 Å². The lowest BCUT2D eigenvalue weighted by Crippen LogP contribution is -2.11. The molecule has 2 aromatic heterocycles. The average Bonchev–Trinajstić information content (AvgIpc) is 3.12. The van der Waals surface area contributed by atoms with Gasteiger partial charge in [-0.3, -0.25) is 4.79 Å². The van der Waals surface area contributed by atoms with Crippen LogP contribution in [0.4, 0.5) is 5.95 Å². The number of benzene rings is 2. The predicted octanol–water partition coefficient (Wildman–Crippen LogP) is 1.93. The Labute approximate surface area is 160 Å². The number of rotatable bonds is 6. The highest BCUT2D eigenvalue weighted by molar-refractivity contribution is 6.04. The molecule has 0 aliphatic heterocycles. The van der Waals surface area contributed by atoms with E-state index in [0.29, 0.717) is 35.0 Å². The Bertz CT molecular complexity index is 1140. The molecule has 0 atom stereocenters. The molecule has 1 amide bonds. The first-order valence-corrected chi connectivity index (χ1v) is 8.50. The highest BCUT2D eigenvalue weighted by Gasteiger charge is 2.19. The zero-order valence-corrected chi connectivity index (χ0v) is 15.0. The zero-order chi connectivity index (χ0) is 19.5. The number of aromatic nitrogens is 5. The number of para-hydroxylation sites is 1. The predicted molar refractivity (Wildman–Crippen MR) is 103 cm³/mol. The molecule has 140 valence electrons. The molecule has 0 radical (unpaired) electrons. The van der Waals surface area contributed by atoms with E-state index in [4.69, 9.17) is 10.5 Å². The van der Waals surface area contributed by atoms with Gasteiger partial charge in [-0.25, -0.2) is 14.5 Å². The van der Waals surface area contributed by atoms with Crippen LogP contribution in [0.15, 0.2) is 54.9 Å². The largest absolute Gasteiger partial charge is 0.468 e. The monoisotopic (exact) mass is 375 g/mol. The van der Waals surface area contributed by atoms with Gasteiger partial charge in [0.05, 0.1) is 18.2 Å². The molecular weight excluding hydrogens is 358 g/mol. The van der Waals surface area contributed by atoms with E-state index in [9.17, 15) is 4.79 Å². The summed E-state index contributed by atoms with van der Waals surface area (Å²) in [5.74, 6) is 0.147. The lowest BCUT2D eigenvalue weighted by atomic mass is 10.2. The number of nitrogens with zero attached hydrogens (tertiary/aromatic N) is 5. The Balaban J connectivity index is 1.74. The maximum atomic E-state index is 11.7. The molecule has 0 bridgehead atoms. The first kappa shape index (κ1) is 17.4. The third-order valence-electron chi connectivity index (χ3n) is 4.15. The van der Waals surface area contributed by atoms with Gasteiger partial charge in [-0.15, -0.1) is 0 Å². The van der Waals surface area contributed by atoms with Crippen LogP contribution in [0.2, 0.25) is 0 Å². The molecule has 4 aromatic rings. The van der Waals surface area contributed by atoms with Gasteiger partial charge in [-0.1, -0.05) is 36.4 Å². The van der Waals surface area contributed by atoms with Crippen LogP contribution in [0.25, 0.3) is 17.0 Å². The van der Waals surface area contributed by atoms with Crippen molar-refractivity contribution in [1.29, 1.82) is 0 Å². The number of methoxy groups -OCH3 is 1. The van der Waals surface area contributed by atoms with Crippen molar-refractivity contribution in [2.45, 2.75) is 6.54 Å². The van der Waals surface area contributed by atoms with E-state index in [2.05, 4.69) is 25.3 Å². The molecule has 9 nitrogen and oxygen atoms in total. The number of nitrogens with one attached hydrogen (secondary N) is 1. The molecule has 0 saturated heterocycles. The number of primary amides is 1. The van der Waals surface area contributed by atoms with Crippen LogP contribution in [-0.4, -0.2) is 37.5 Å². The van der Waals surface area contributed by atoms with Crippen molar-refractivity contribution >= 4 is 22.9 Å². The number of fused-ring (bicyclic) bond motifs is 1. The maximum absolute atomic E-state index is 11.7. The highest BCUT2D eigenvalue weighted by atomic mass is 16.5. The van der Waals surface area contributed by atoms with Crippen LogP contribution < -0.4 is 15.8 Å². The third kappa shape index (κ3) is 3.20. The van der Waals surface area contributed by atoms with Gasteiger partial charge < -0.3 is 15.8 Å². The summed E-state index contributed by atoms with van der Waals surface area (Å²) in [7, 11) is 1.48. The number of anilines is 1. The van der Waals surface area contributed by atoms with Crippen molar-refractivity contribution in [2.75, 3.05) is 12.4 Å². The summed E-state index contributed by atoms with van der Waals surface area (Å²) in [6.45, 7) is 0.567. The van der Waals surface area contributed by atoms with E-state index < -0.39 is 5.91 Å². The van der Waals surface area contributed by atoms with Gasteiger partial charge in [0, 0.05) is 6.54 Å². The number of carbonyl (C=O) groups excluding carboxylic acids is 1. The van der Waals surface area contributed by atoms with Gasteiger partial charge in [0.25, 0.3) is 5.91 Å². The van der Waals surface area contributed by atoms with Crippen LogP contribution in [0.5, 0.6) is 6.01 Å². The van der Waals surface area contributed by atoms with Crippen molar-refractivity contribution < 1.29 is 9.53 Å². The molecular formula is C19H17N7O2. The van der Waals surface area contributed by atoms with E-state index in [-0.39, 0.29) is 6.01 Å². The smallest absolute Gasteiger partial charge is 0.304 e. The first-order valence-electron chi connectivity index (χ1n) is 8.50. The Kier molecular flexibility index (Phi) is 4.55. The molecule has 0 fully saturated rings. The fraction of sp³-hybridized carbons (Fsp3) is 0.105. The maximum Gasteiger partial charge on any atom is 0.304 e. The molecule has 2 heterocycles. The normalized spacial score (nSPS) is 10.8. The molecule has 0 aliphatic carbocycles. The van der Waals surface area contributed by atoms with Crippen LogP contribution in [0, 0.1) is 0 Å². The number of amides is 1. The van der Waals surface area contributed by atoms with Crippen LogP contribution in [0.3, 0.4) is 0 Å². The minimum absolute atomic E-state index is 0.240. The van der Waals surface area contributed by atoms with Crippen molar-refractivity contribution in [3.63, 3.8) is 0 Å². The lowest BCUT2D eigenvalue weighted by Gasteiger charge is -2.08. The van der Waals surface area contributed by atoms with E-state index in [1.54, 1.807) is 22.8 Å². The molecule has 0 unspecified atom stereocenters. The summed E-state index contributed by atoms with van der Waals surface area (Å²) in [6, 6.07) is 15.3. The standard InChI is InChI=1S/C19H17N7O2/c1-28-19-24-15-13(16(20)27)8-5-9-14(15)26(19)18-23-11-22-17(25-18)21-10-12-6-3-2-4-7-12/h2-9,11H,10H2,1H3,(H2,20,27)(H,21,22,23,25). The molecule has 4 rings (SSSR count). The number of hydrogen-bond acceptors (Lipinski definition) is 7. The Morgan fingerprint density at radius 1 is 1.11 bits per heavy atom. The molecule has 0 spiro atoms. The third-order valence-corrected chi connectivity index (χ3v) is 4.15. The second kappa shape index (κ2) is 7.31. The summed E-state index contributed by atoms with van der Waals surface area (Å²) in [6.07, 6.45) is 1.40. The number of ether oxygens (including phenoxy) is 1. The number of hydrogen-bond donors (Lipinski definition) is 2. The van der Waals surface area contributed by atoms with Gasteiger partial charge in [0.2, 0.25) is 11.9 Å². The summed E-state index contributed by atoms with van der Waals surface area (Å²) in [5.41, 5.74) is 7.88. The lowest BCUT2D eigenvalue weighted by molar-refractivity contribution is 0.100. The molecule has 28 heavy (non-hydrogen) atoms. The molecule has 9 heteroatoms. The average molecular weight is 375 g/mol. The number of imidazole rings is 1. The van der Waals surface area contributed by atoms with Gasteiger partial charge in [-0.2, -0.15) is 9.97 Å². The molecule has 2 aromatic carbocycles. The van der Waals surface area contributed by atoms with E-state index >= 15 is 0 Å². The summed E-state index contributed by atoms with van der Waals surface area (Å²) in [4.78, 5) is 28.9. The second-order valence-electron chi connectivity index (χ2n) is 5.92. The fourth-order valence-corrected chi connectivity index (χ4v) is 2.86. The van der Waals surface area contributed by atoms with Crippen molar-refractivity contribution in [1.82, 2.24) is 24.5 Å². The summed E-state index contributed by atoms with van der Waals surface area (Å²) in [5, 5.41) is 3.17. The summed E-state index contributed by atoms with van der Waals surface area (Å²) >= 11 is 0. The fourth-order valence-electron chi connectivity index (χ4n) is 2.86. The highest BCUT2D eigenvalue weighted by Crippen LogP contribution is 2.26. The first-order chi connectivity index (χ1) is 13.7. The molecule has 0 aliphatic rings. The van der Waals surface area contributed by atoms with Crippen LogP contribution >= 0.6 is 0 Å². The Morgan fingerprint density at radius 2 is 1.93 bits per heavy atom. The molecule has 3 N–H and O–H groups in total. The Hall–Kier alpha value is -4.01. The van der Waals surface area contributed by atoms with Gasteiger partial charge in [0.15, 0.2) is 0 Å². The number of carbonyl (C=O) groups is 1. The SMILES string of the molecule is COc1nc2c(C(N)=O)cccc2n1-c1ncnc(NCc2ccccc2)n1. The van der Waals surface area contributed by atoms with Gasteiger partial charge >= 0.3 is 6.01 Å². The van der Waals surface area contributed by atoms with Crippen LogP contribution in [0.1, 0.15) is 15.9 Å². The number of nitrogens with two attached hydrogens (primary N) is 1. The van der Waals surface area contributed by atoms with Crippen molar-refractivity contribution in [3.05, 3.63) is 66.0 Å². The molecule has 0 saturated carbocycles.